The van der Waals surface area contributed by atoms with Crippen LogP contribution in [0.4, 0.5) is 4.39 Å². The van der Waals surface area contributed by atoms with Gasteiger partial charge in [-0.1, -0.05) is 36.4 Å². The highest BCUT2D eigenvalue weighted by Crippen LogP contribution is 2.35. The first-order chi connectivity index (χ1) is 13.2. The summed E-state index contributed by atoms with van der Waals surface area (Å²) in [5.41, 5.74) is 3.35. The molecule has 0 aromatic heterocycles. The molecule has 27 heavy (non-hydrogen) atoms. The molecule has 0 spiro atoms. The molecule has 2 aromatic rings. The first kappa shape index (κ1) is 18.1. The molecule has 2 heterocycles. The topological polar surface area (TPSA) is 41.6 Å². The fourth-order valence-electron chi connectivity index (χ4n) is 4.07. The smallest absolute Gasteiger partial charge is 0.223 e. The molecule has 0 saturated carbocycles. The molecule has 1 saturated heterocycles. The average Bonchev–Trinajstić information content (AvgIpc) is 2.72. The van der Waals surface area contributed by atoms with E-state index in [4.69, 9.17) is 4.74 Å². The van der Waals surface area contributed by atoms with Gasteiger partial charge in [0, 0.05) is 26.1 Å². The number of amides is 1. The Kier molecular flexibility index (Phi) is 5.50. The normalized spacial score (nSPS) is 22.3. The highest BCUT2D eigenvalue weighted by atomic mass is 19.1. The number of hydrogen-bond donors (Lipinski definition) is 1. The Balaban J connectivity index is 1.56. The molecule has 2 atom stereocenters. The van der Waals surface area contributed by atoms with Crippen molar-refractivity contribution in [1.82, 2.24) is 10.2 Å². The number of benzene rings is 2. The second kappa shape index (κ2) is 8.19. The van der Waals surface area contributed by atoms with Crippen LogP contribution in [-0.4, -0.2) is 43.2 Å². The lowest BCUT2D eigenvalue weighted by Crippen LogP contribution is -2.42. The monoisotopic (exact) mass is 368 g/mol. The molecule has 5 heteroatoms. The molecule has 4 nitrogen and oxygen atoms in total. The van der Waals surface area contributed by atoms with Crippen molar-refractivity contribution in [3.63, 3.8) is 0 Å². The van der Waals surface area contributed by atoms with Crippen molar-refractivity contribution in [3.05, 3.63) is 71.0 Å². The van der Waals surface area contributed by atoms with Crippen LogP contribution in [0.3, 0.4) is 0 Å². The summed E-state index contributed by atoms with van der Waals surface area (Å²) < 4.78 is 19.2. The van der Waals surface area contributed by atoms with Gasteiger partial charge in [-0.05, 0) is 41.7 Å². The van der Waals surface area contributed by atoms with E-state index < -0.39 is 0 Å². The van der Waals surface area contributed by atoms with Gasteiger partial charge in [-0.25, -0.2) is 4.39 Å². The van der Waals surface area contributed by atoms with Gasteiger partial charge in [-0.3, -0.25) is 4.79 Å². The van der Waals surface area contributed by atoms with Gasteiger partial charge in [-0.2, -0.15) is 0 Å². The van der Waals surface area contributed by atoms with Gasteiger partial charge in [0.2, 0.25) is 5.91 Å². The van der Waals surface area contributed by atoms with E-state index >= 15 is 0 Å². The van der Waals surface area contributed by atoms with E-state index in [9.17, 15) is 9.18 Å². The minimum atomic E-state index is -0.261. The van der Waals surface area contributed by atoms with Crippen molar-refractivity contribution in [2.45, 2.75) is 31.4 Å². The number of rotatable bonds is 4. The van der Waals surface area contributed by atoms with Gasteiger partial charge in [0.1, 0.15) is 5.82 Å². The van der Waals surface area contributed by atoms with Gasteiger partial charge in [0.15, 0.2) is 0 Å². The number of hydrogen-bond acceptors (Lipinski definition) is 3. The lowest BCUT2D eigenvalue weighted by molar-refractivity contribution is -0.134. The van der Waals surface area contributed by atoms with Crippen molar-refractivity contribution in [2.75, 3.05) is 26.2 Å². The Morgan fingerprint density at radius 1 is 1.19 bits per heavy atom. The Morgan fingerprint density at radius 3 is 2.78 bits per heavy atom. The molecule has 2 aliphatic rings. The van der Waals surface area contributed by atoms with Crippen LogP contribution in [0.1, 0.15) is 35.6 Å². The van der Waals surface area contributed by atoms with Crippen LogP contribution in [0.25, 0.3) is 0 Å². The number of carbonyl (C=O) groups is 1. The van der Waals surface area contributed by atoms with Crippen LogP contribution in [-0.2, 0) is 16.0 Å². The third kappa shape index (κ3) is 4.04. The second-order valence-electron chi connectivity index (χ2n) is 7.23. The van der Waals surface area contributed by atoms with E-state index in [2.05, 4.69) is 17.4 Å². The Labute approximate surface area is 159 Å². The second-order valence-corrected chi connectivity index (χ2v) is 7.23. The van der Waals surface area contributed by atoms with E-state index in [-0.39, 0.29) is 23.9 Å². The maximum absolute atomic E-state index is 13.4. The molecule has 0 bridgehead atoms. The largest absolute Gasteiger partial charge is 0.376 e. The summed E-state index contributed by atoms with van der Waals surface area (Å²) in [6, 6.07) is 14.6. The number of morpholine rings is 1. The fourth-order valence-corrected chi connectivity index (χ4v) is 4.07. The van der Waals surface area contributed by atoms with Gasteiger partial charge in [-0.15, -0.1) is 0 Å². The zero-order valence-electron chi connectivity index (χ0n) is 15.4. The molecule has 2 aliphatic heterocycles. The van der Waals surface area contributed by atoms with Crippen LogP contribution < -0.4 is 5.32 Å². The third-order valence-corrected chi connectivity index (χ3v) is 5.47. The summed E-state index contributed by atoms with van der Waals surface area (Å²) in [7, 11) is 0. The zero-order chi connectivity index (χ0) is 18.6. The molecule has 4 rings (SSSR count). The molecule has 1 fully saturated rings. The van der Waals surface area contributed by atoms with Crippen LogP contribution in [0, 0.1) is 5.82 Å². The van der Waals surface area contributed by atoms with E-state index in [0.717, 1.165) is 37.1 Å². The number of fused-ring (bicyclic) bond motifs is 1. The summed E-state index contributed by atoms with van der Waals surface area (Å²) in [6.07, 6.45) is 2.14. The standard InChI is InChI=1S/C22H25FN2O2/c23-18-7-5-17(6-8-18)22-20-4-2-1-3-16(20)11-13-25(22)21(26)10-9-19-15-24-12-14-27-19/h1-8,19,22,24H,9-15H2/t19-,22+/m1/s1. The minimum absolute atomic E-state index is 0.101. The summed E-state index contributed by atoms with van der Waals surface area (Å²) in [5.74, 6) is -0.129. The fraction of sp³-hybridized carbons (Fsp3) is 0.409. The van der Waals surface area contributed by atoms with Crippen molar-refractivity contribution in [1.29, 1.82) is 0 Å². The molecule has 0 unspecified atom stereocenters. The predicted molar refractivity (Wildman–Crippen MR) is 102 cm³/mol. The van der Waals surface area contributed by atoms with Crippen LogP contribution >= 0.6 is 0 Å². The quantitative estimate of drug-likeness (QED) is 0.902. The third-order valence-electron chi connectivity index (χ3n) is 5.47. The first-order valence-corrected chi connectivity index (χ1v) is 9.67. The van der Waals surface area contributed by atoms with Gasteiger partial charge < -0.3 is 15.0 Å². The summed E-state index contributed by atoms with van der Waals surface area (Å²) >= 11 is 0. The Bertz CT molecular complexity index is 787. The van der Waals surface area contributed by atoms with Crippen LogP contribution in [0.15, 0.2) is 48.5 Å². The van der Waals surface area contributed by atoms with E-state index in [1.54, 1.807) is 12.1 Å². The van der Waals surface area contributed by atoms with Crippen molar-refractivity contribution in [2.24, 2.45) is 0 Å². The maximum atomic E-state index is 13.4. The molecule has 142 valence electrons. The highest BCUT2D eigenvalue weighted by molar-refractivity contribution is 5.78. The zero-order valence-corrected chi connectivity index (χ0v) is 15.4. The number of halogens is 1. The van der Waals surface area contributed by atoms with Gasteiger partial charge in [0.05, 0.1) is 18.8 Å². The summed E-state index contributed by atoms with van der Waals surface area (Å²) in [6.45, 7) is 3.06. The van der Waals surface area contributed by atoms with E-state index in [1.807, 2.05) is 17.0 Å². The predicted octanol–water partition coefficient (Wildman–Crippen LogP) is 3.07. The average molecular weight is 368 g/mol. The van der Waals surface area contributed by atoms with Crippen molar-refractivity contribution >= 4 is 5.91 Å². The summed E-state index contributed by atoms with van der Waals surface area (Å²) in [4.78, 5) is 15.0. The van der Waals surface area contributed by atoms with Crippen molar-refractivity contribution < 1.29 is 13.9 Å². The molecule has 0 aliphatic carbocycles. The van der Waals surface area contributed by atoms with Crippen LogP contribution in [0.5, 0.6) is 0 Å². The Morgan fingerprint density at radius 2 is 2.00 bits per heavy atom. The minimum Gasteiger partial charge on any atom is -0.376 e. The maximum Gasteiger partial charge on any atom is 0.223 e. The number of ether oxygens (including phenoxy) is 1. The van der Waals surface area contributed by atoms with Crippen LogP contribution in [0.2, 0.25) is 0 Å². The summed E-state index contributed by atoms with van der Waals surface area (Å²) in [5, 5.41) is 3.31. The molecule has 1 N–H and O–H groups in total. The van der Waals surface area contributed by atoms with Crippen molar-refractivity contribution in [3.8, 4) is 0 Å². The Hall–Kier alpha value is -2.24. The molecule has 0 radical (unpaired) electrons. The highest BCUT2D eigenvalue weighted by Gasteiger charge is 2.32. The van der Waals surface area contributed by atoms with Gasteiger partial charge in [0.25, 0.3) is 0 Å². The van der Waals surface area contributed by atoms with E-state index in [0.29, 0.717) is 19.6 Å². The first-order valence-electron chi connectivity index (χ1n) is 9.67. The number of nitrogens with zero attached hydrogens (tertiary/aromatic N) is 1. The SMILES string of the molecule is O=C(CC[C@@H]1CNCCO1)N1CCc2ccccc2[C@@H]1c1ccc(F)cc1. The number of nitrogens with one attached hydrogen (secondary N) is 1. The van der Waals surface area contributed by atoms with Gasteiger partial charge >= 0.3 is 0 Å². The lowest BCUT2D eigenvalue weighted by Gasteiger charge is -2.38. The molecule has 1 amide bonds. The van der Waals surface area contributed by atoms with E-state index in [1.165, 1.54) is 17.7 Å². The molecule has 2 aromatic carbocycles. The number of carbonyl (C=O) groups excluding carboxylic acids is 1. The molecular formula is C22H25FN2O2. The molecular weight excluding hydrogens is 343 g/mol. The lowest BCUT2D eigenvalue weighted by atomic mass is 9.88.